The van der Waals surface area contributed by atoms with Gasteiger partial charge < -0.3 is 29.3 Å². The summed E-state index contributed by atoms with van der Waals surface area (Å²) in [4.78, 5) is 36.2. The van der Waals surface area contributed by atoms with Gasteiger partial charge in [-0.1, -0.05) is 23.4 Å². The van der Waals surface area contributed by atoms with Crippen LogP contribution in [0.5, 0.6) is 17.2 Å². The van der Waals surface area contributed by atoms with E-state index < -0.39 is 15.9 Å². The molecule has 0 saturated carbocycles. The molecular formula is C39H48N10O7S. The minimum Gasteiger partial charge on any atom is -0.493 e. The number of aryl methyl sites for hydroxylation is 2. The molecule has 3 aromatic heterocycles. The van der Waals surface area contributed by atoms with Crippen LogP contribution < -0.4 is 24.4 Å². The topological polar surface area (TPSA) is 179 Å². The van der Waals surface area contributed by atoms with Crippen LogP contribution in [-0.2, 0) is 28.4 Å². The number of nitrogens with zero attached hydrogens (tertiary/aromatic N) is 9. The van der Waals surface area contributed by atoms with Crippen LogP contribution in [0.15, 0.2) is 59.8 Å². The second-order valence-corrected chi connectivity index (χ2v) is 16.2. The summed E-state index contributed by atoms with van der Waals surface area (Å²) in [6.07, 6.45) is 4.00. The molecule has 5 aromatic rings. The summed E-state index contributed by atoms with van der Waals surface area (Å²) in [6.45, 7) is 3.48. The Morgan fingerprint density at radius 3 is 2.42 bits per heavy atom. The van der Waals surface area contributed by atoms with E-state index >= 15 is 0 Å². The number of carbonyl (C=O) groups is 2. The first kappa shape index (κ1) is 39.5. The molecular weight excluding hydrogens is 753 g/mol. The molecule has 1 atom stereocenters. The third kappa shape index (κ3) is 8.23. The number of benzene rings is 2. The van der Waals surface area contributed by atoms with Crippen molar-refractivity contribution in [3.05, 3.63) is 71.7 Å². The molecule has 0 radical (unpaired) electrons. The second-order valence-electron chi connectivity index (χ2n) is 14.3. The van der Waals surface area contributed by atoms with Gasteiger partial charge >= 0.3 is 0 Å². The summed E-state index contributed by atoms with van der Waals surface area (Å²) < 4.78 is 50.7. The number of anilines is 1. The fourth-order valence-corrected chi connectivity index (χ4v) is 9.27. The number of para-hydroxylation sites is 1. The van der Waals surface area contributed by atoms with Crippen molar-refractivity contribution in [2.45, 2.75) is 44.2 Å². The third-order valence-electron chi connectivity index (χ3n) is 10.4. The Bertz CT molecular complexity index is 2370. The Kier molecular flexibility index (Phi) is 11.6. The lowest BCUT2D eigenvalue weighted by Crippen LogP contribution is -2.46. The zero-order valence-electron chi connectivity index (χ0n) is 32.8. The van der Waals surface area contributed by atoms with Gasteiger partial charge in [0.2, 0.25) is 11.7 Å². The average molecular weight is 801 g/mol. The third-order valence-corrected chi connectivity index (χ3v) is 12.3. The van der Waals surface area contributed by atoms with Crippen molar-refractivity contribution in [1.82, 2.24) is 44.3 Å². The minimum atomic E-state index is -4.11. The standard InChI is InChI=1S/C39H48N10O7S/c1-26-18-35(45(2)43-26)57(52,53)48-17-10-9-15-47(39(51)32-24-49(44-42-32)29-13-7-6-8-14-29)25-34(50)40-21-27-12-11-16-46(22-27)38-28(23-48)19-30-31(41-38)20-33(54-3)37(56-5)36(30)55-4/h6-8,13-14,18-20,24,27H,9-12,15-17,21-23,25H2,1-5H3,(H,40,50). The van der Waals surface area contributed by atoms with E-state index in [0.29, 0.717) is 77.7 Å². The van der Waals surface area contributed by atoms with Crippen LogP contribution in [0.3, 0.4) is 0 Å². The quantitative estimate of drug-likeness (QED) is 0.254. The van der Waals surface area contributed by atoms with E-state index in [0.717, 1.165) is 18.5 Å². The number of hydrogen-bond acceptors (Lipinski definition) is 12. The van der Waals surface area contributed by atoms with Gasteiger partial charge in [0.1, 0.15) is 5.82 Å². The number of amides is 2. The summed E-state index contributed by atoms with van der Waals surface area (Å²) in [7, 11) is 2.12. The summed E-state index contributed by atoms with van der Waals surface area (Å²) in [5.41, 5.74) is 2.67. The molecule has 1 unspecified atom stereocenters. The van der Waals surface area contributed by atoms with Gasteiger partial charge in [0.05, 0.1) is 51.0 Å². The number of rotatable bonds is 7. The first-order valence-corrected chi connectivity index (χ1v) is 20.4. The van der Waals surface area contributed by atoms with Gasteiger partial charge in [-0.05, 0) is 62.8 Å². The molecule has 7 rings (SSSR count). The summed E-state index contributed by atoms with van der Waals surface area (Å²) in [5, 5.41) is 16.4. The number of pyridine rings is 1. The number of sulfonamides is 1. The fraction of sp³-hybridized carbons (Fsp3) is 0.436. The molecule has 2 aliphatic heterocycles. The first-order chi connectivity index (χ1) is 27.5. The van der Waals surface area contributed by atoms with Crippen LogP contribution in [0, 0.1) is 12.8 Å². The van der Waals surface area contributed by atoms with Gasteiger partial charge in [0.25, 0.3) is 15.9 Å². The van der Waals surface area contributed by atoms with E-state index in [1.165, 1.54) is 25.7 Å². The predicted octanol–water partition coefficient (Wildman–Crippen LogP) is 3.34. The second kappa shape index (κ2) is 16.8. The van der Waals surface area contributed by atoms with Crippen LogP contribution in [0.25, 0.3) is 16.6 Å². The van der Waals surface area contributed by atoms with Crippen molar-refractivity contribution in [2.24, 2.45) is 13.0 Å². The van der Waals surface area contributed by atoms with Crippen LogP contribution in [0.1, 0.15) is 47.4 Å². The highest BCUT2D eigenvalue weighted by atomic mass is 32.2. The first-order valence-electron chi connectivity index (χ1n) is 18.9. The van der Waals surface area contributed by atoms with E-state index in [-0.39, 0.29) is 48.7 Å². The van der Waals surface area contributed by atoms with Crippen molar-refractivity contribution in [3.8, 4) is 22.9 Å². The maximum atomic E-state index is 14.6. The molecule has 0 aliphatic carbocycles. The molecule has 2 bridgehead atoms. The average Bonchev–Trinajstić information content (AvgIpc) is 3.85. The zero-order chi connectivity index (χ0) is 40.3. The normalized spacial score (nSPS) is 17.6. The van der Waals surface area contributed by atoms with Crippen LogP contribution in [0.2, 0.25) is 0 Å². The largest absolute Gasteiger partial charge is 0.493 e. The summed E-state index contributed by atoms with van der Waals surface area (Å²) in [6, 6.07) is 14.6. The molecule has 0 spiro atoms. The Labute approximate surface area is 331 Å². The van der Waals surface area contributed by atoms with Crippen LogP contribution in [0.4, 0.5) is 5.82 Å². The molecule has 1 fully saturated rings. The number of carbonyl (C=O) groups excluding carboxylic acids is 2. The van der Waals surface area contributed by atoms with Gasteiger partial charge in [-0.15, -0.1) is 5.10 Å². The lowest BCUT2D eigenvalue weighted by atomic mass is 9.97. The number of piperidine rings is 1. The zero-order valence-corrected chi connectivity index (χ0v) is 33.7. The van der Waals surface area contributed by atoms with E-state index in [1.807, 2.05) is 36.4 Å². The highest BCUT2D eigenvalue weighted by Gasteiger charge is 2.32. The van der Waals surface area contributed by atoms with E-state index in [2.05, 4.69) is 25.6 Å². The highest BCUT2D eigenvalue weighted by Crippen LogP contribution is 2.44. The predicted molar refractivity (Wildman–Crippen MR) is 211 cm³/mol. The van der Waals surface area contributed by atoms with Crippen molar-refractivity contribution in [3.63, 3.8) is 0 Å². The van der Waals surface area contributed by atoms with Crippen molar-refractivity contribution in [2.75, 3.05) is 65.5 Å². The number of fused-ring (bicyclic) bond motifs is 5. The number of ether oxygens (including phenoxy) is 3. The molecule has 2 aliphatic rings. The molecule has 5 heterocycles. The Balaban J connectivity index is 1.28. The molecule has 57 heavy (non-hydrogen) atoms. The van der Waals surface area contributed by atoms with Crippen molar-refractivity contribution < 1.29 is 32.2 Å². The smallest absolute Gasteiger partial charge is 0.276 e. The number of aromatic nitrogens is 6. The molecule has 2 aromatic carbocycles. The van der Waals surface area contributed by atoms with Crippen molar-refractivity contribution in [1.29, 1.82) is 0 Å². The van der Waals surface area contributed by atoms with E-state index in [9.17, 15) is 18.0 Å². The molecule has 302 valence electrons. The lowest BCUT2D eigenvalue weighted by Gasteiger charge is -2.36. The molecule has 2 amide bonds. The monoisotopic (exact) mass is 800 g/mol. The molecule has 17 nitrogen and oxygen atoms in total. The fourth-order valence-electron chi connectivity index (χ4n) is 7.63. The van der Waals surface area contributed by atoms with E-state index in [1.54, 1.807) is 46.5 Å². The van der Waals surface area contributed by atoms with Gasteiger partial charge in [-0.25, -0.2) is 18.1 Å². The molecule has 1 saturated heterocycles. The lowest BCUT2D eigenvalue weighted by molar-refractivity contribution is -0.122. The van der Waals surface area contributed by atoms with Crippen molar-refractivity contribution >= 4 is 38.6 Å². The van der Waals surface area contributed by atoms with Crippen LogP contribution >= 0.6 is 0 Å². The van der Waals surface area contributed by atoms with Gasteiger partial charge in [-0.3, -0.25) is 14.3 Å². The Morgan fingerprint density at radius 1 is 0.930 bits per heavy atom. The summed E-state index contributed by atoms with van der Waals surface area (Å²) >= 11 is 0. The minimum absolute atomic E-state index is 0.00846. The summed E-state index contributed by atoms with van der Waals surface area (Å²) in [5.74, 6) is 1.23. The Hall–Kier alpha value is -5.75. The maximum absolute atomic E-state index is 14.6. The number of methoxy groups -OCH3 is 3. The Morgan fingerprint density at radius 2 is 1.70 bits per heavy atom. The molecule has 1 N–H and O–H groups in total. The van der Waals surface area contributed by atoms with Gasteiger partial charge in [-0.2, -0.15) is 9.40 Å². The molecule has 18 heteroatoms. The van der Waals surface area contributed by atoms with Gasteiger partial charge in [0, 0.05) is 63.3 Å². The van der Waals surface area contributed by atoms with E-state index in [4.69, 9.17) is 19.2 Å². The SMILES string of the molecule is COc1cc2nc3c(cc2c(OC)c1OC)CN(S(=O)(=O)c1cc(C)nn1C)CCCCN(C(=O)c1cn(-c2ccccc2)nn1)CC(=O)NCC1CCCN3C1. The maximum Gasteiger partial charge on any atom is 0.276 e. The van der Waals surface area contributed by atoms with Crippen LogP contribution in [-0.4, -0.2) is 120 Å². The van der Waals surface area contributed by atoms with Gasteiger partial charge in [0.15, 0.2) is 22.2 Å². The number of hydrogen-bond donors (Lipinski definition) is 1. The highest BCUT2D eigenvalue weighted by molar-refractivity contribution is 7.89. The number of nitrogens with one attached hydrogen (secondary N) is 1.